The molecule has 0 bridgehead atoms. The molecule has 20 heavy (non-hydrogen) atoms. The van der Waals surface area contributed by atoms with Crippen LogP contribution in [0.2, 0.25) is 0 Å². The summed E-state index contributed by atoms with van der Waals surface area (Å²) in [6, 6.07) is 10.7. The third-order valence-corrected chi connectivity index (χ3v) is 3.24. The molecule has 3 rings (SSSR count). The molecule has 1 heterocycles. The number of pyridine rings is 1. The summed E-state index contributed by atoms with van der Waals surface area (Å²) >= 11 is 0. The number of hydrogen-bond donors (Lipinski definition) is 1. The van der Waals surface area contributed by atoms with Crippen LogP contribution in [0, 0.1) is 5.92 Å². The van der Waals surface area contributed by atoms with Crippen LogP contribution in [-0.4, -0.2) is 17.5 Å². The van der Waals surface area contributed by atoms with Gasteiger partial charge < -0.3 is 10.1 Å². The standard InChI is InChI=1S/C16H16N2O2/c19-16(18-14-7-9-17-10-8-14)13-3-5-15(6-4-13)20-11-12-1-2-12/h3-10,12H,1-2,11H2,(H,17,18,19). The summed E-state index contributed by atoms with van der Waals surface area (Å²) in [6.07, 6.45) is 5.83. The molecule has 0 unspecified atom stereocenters. The van der Waals surface area contributed by atoms with Crippen LogP contribution >= 0.6 is 0 Å². The molecule has 0 atom stereocenters. The van der Waals surface area contributed by atoms with E-state index in [1.807, 2.05) is 12.1 Å². The number of aromatic nitrogens is 1. The first kappa shape index (κ1) is 12.7. The smallest absolute Gasteiger partial charge is 0.255 e. The van der Waals surface area contributed by atoms with Crippen LogP contribution in [0.15, 0.2) is 48.8 Å². The van der Waals surface area contributed by atoms with Crippen molar-refractivity contribution in [3.05, 3.63) is 54.4 Å². The van der Waals surface area contributed by atoms with E-state index < -0.39 is 0 Å². The van der Waals surface area contributed by atoms with E-state index in [9.17, 15) is 4.79 Å². The van der Waals surface area contributed by atoms with Gasteiger partial charge in [0.25, 0.3) is 5.91 Å². The van der Waals surface area contributed by atoms with E-state index in [1.54, 1.807) is 36.7 Å². The Morgan fingerprint density at radius 1 is 1.15 bits per heavy atom. The lowest BCUT2D eigenvalue weighted by Crippen LogP contribution is -2.11. The van der Waals surface area contributed by atoms with Gasteiger partial charge in [0, 0.05) is 23.6 Å². The highest BCUT2D eigenvalue weighted by Gasteiger charge is 2.21. The summed E-state index contributed by atoms with van der Waals surface area (Å²) in [6.45, 7) is 0.780. The summed E-state index contributed by atoms with van der Waals surface area (Å²) in [5.41, 5.74) is 1.35. The van der Waals surface area contributed by atoms with E-state index in [4.69, 9.17) is 4.74 Å². The Balaban J connectivity index is 1.59. The maximum Gasteiger partial charge on any atom is 0.255 e. The largest absolute Gasteiger partial charge is 0.493 e. The fourth-order valence-corrected chi connectivity index (χ4v) is 1.84. The van der Waals surface area contributed by atoms with Gasteiger partial charge in [0.1, 0.15) is 5.75 Å². The molecule has 4 nitrogen and oxygen atoms in total. The first-order valence-corrected chi connectivity index (χ1v) is 6.75. The normalized spacial score (nSPS) is 13.8. The van der Waals surface area contributed by atoms with Crippen molar-refractivity contribution >= 4 is 11.6 Å². The molecule has 1 fully saturated rings. The lowest BCUT2D eigenvalue weighted by molar-refractivity contribution is 0.102. The highest BCUT2D eigenvalue weighted by atomic mass is 16.5. The maximum atomic E-state index is 12.0. The van der Waals surface area contributed by atoms with Gasteiger partial charge in [-0.2, -0.15) is 0 Å². The molecule has 4 heteroatoms. The zero-order valence-corrected chi connectivity index (χ0v) is 11.1. The molecule has 2 aromatic rings. The molecule has 1 amide bonds. The third-order valence-electron chi connectivity index (χ3n) is 3.24. The number of benzene rings is 1. The molecule has 0 saturated heterocycles. The second-order valence-electron chi connectivity index (χ2n) is 4.97. The second kappa shape index (κ2) is 5.74. The molecule has 0 spiro atoms. The highest BCUT2D eigenvalue weighted by Crippen LogP contribution is 2.29. The highest BCUT2D eigenvalue weighted by molar-refractivity contribution is 6.04. The quantitative estimate of drug-likeness (QED) is 0.906. The Hall–Kier alpha value is -2.36. The van der Waals surface area contributed by atoms with Crippen LogP contribution in [0.1, 0.15) is 23.2 Å². The number of amides is 1. The summed E-state index contributed by atoms with van der Waals surface area (Å²) in [5, 5.41) is 2.82. The lowest BCUT2D eigenvalue weighted by atomic mass is 10.2. The van der Waals surface area contributed by atoms with Crippen molar-refractivity contribution in [2.24, 2.45) is 5.92 Å². The summed E-state index contributed by atoms with van der Waals surface area (Å²) in [4.78, 5) is 15.9. The average molecular weight is 268 g/mol. The van der Waals surface area contributed by atoms with Crippen LogP contribution in [0.4, 0.5) is 5.69 Å². The first-order valence-electron chi connectivity index (χ1n) is 6.75. The fourth-order valence-electron chi connectivity index (χ4n) is 1.84. The van der Waals surface area contributed by atoms with E-state index in [1.165, 1.54) is 12.8 Å². The Labute approximate surface area is 117 Å². The zero-order chi connectivity index (χ0) is 13.8. The van der Waals surface area contributed by atoms with Gasteiger partial charge in [-0.25, -0.2) is 0 Å². The van der Waals surface area contributed by atoms with Gasteiger partial charge in [0.2, 0.25) is 0 Å². The SMILES string of the molecule is O=C(Nc1ccncc1)c1ccc(OCC2CC2)cc1. The Morgan fingerprint density at radius 2 is 1.85 bits per heavy atom. The van der Waals surface area contributed by atoms with E-state index in [-0.39, 0.29) is 5.91 Å². The van der Waals surface area contributed by atoms with E-state index in [0.717, 1.165) is 24.0 Å². The molecule has 1 aliphatic carbocycles. The predicted octanol–water partition coefficient (Wildman–Crippen LogP) is 3.12. The van der Waals surface area contributed by atoms with Crippen LogP contribution in [-0.2, 0) is 0 Å². The summed E-state index contributed by atoms with van der Waals surface area (Å²) in [5.74, 6) is 1.41. The van der Waals surface area contributed by atoms with Crippen molar-refractivity contribution in [1.29, 1.82) is 0 Å². The number of rotatable bonds is 5. The molecule has 1 aliphatic rings. The fraction of sp³-hybridized carbons (Fsp3) is 0.250. The van der Waals surface area contributed by atoms with Crippen LogP contribution in [0.5, 0.6) is 5.75 Å². The molecule has 1 saturated carbocycles. The molecule has 1 aromatic carbocycles. The van der Waals surface area contributed by atoms with Crippen LogP contribution in [0.3, 0.4) is 0 Å². The van der Waals surface area contributed by atoms with E-state index in [0.29, 0.717) is 5.56 Å². The van der Waals surface area contributed by atoms with Crippen LogP contribution in [0.25, 0.3) is 0 Å². The third kappa shape index (κ3) is 3.35. The van der Waals surface area contributed by atoms with Gasteiger partial charge >= 0.3 is 0 Å². The lowest BCUT2D eigenvalue weighted by Gasteiger charge is -2.07. The van der Waals surface area contributed by atoms with Gasteiger partial charge in [-0.1, -0.05) is 0 Å². The molecule has 0 aliphatic heterocycles. The number of ether oxygens (including phenoxy) is 1. The zero-order valence-electron chi connectivity index (χ0n) is 11.1. The number of hydrogen-bond acceptors (Lipinski definition) is 3. The van der Waals surface area contributed by atoms with Gasteiger partial charge in [-0.3, -0.25) is 9.78 Å². The number of carbonyl (C=O) groups excluding carboxylic acids is 1. The number of carbonyl (C=O) groups is 1. The maximum absolute atomic E-state index is 12.0. The molecule has 1 N–H and O–H groups in total. The number of nitrogens with one attached hydrogen (secondary N) is 1. The predicted molar refractivity (Wildman–Crippen MR) is 76.9 cm³/mol. The Bertz CT molecular complexity index is 577. The van der Waals surface area contributed by atoms with Gasteiger partial charge in [-0.15, -0.1) is 0 Å². The van der Waals surface area contributed by atoms with Crippen molar-refractivity contribution in [3.63, 3.8) is 0 Å². The number of anilines is 1. The van der Waals surface area contributed by atoms with E-state index in [2.05, 4.69) is 10.3 Å². The minimum Gasteiger partial charge on any atom is -0.493 e. The van der Waals surface area contributed by atoms with Crippen molar-refractivity contribution in [3.8, 4) is 5.75 Å². The molecular formula is C16H16N2O2. The topological polar surface area (TPSA) is 51.2 Å². The van der Waals surface area contributed by atoms with Crippen molar-refractivity contribution in [2.75, 3.05) is 11.9 Å². The van der Waals surface area contributed by atoms with Crippen LogP contribution < -0.4 is 10.1 Å². The van der Waals surface area contributed by atoms with E-state index >= 15 is 0 Å². The minimum atomic E-state index is -0.134. The minimum absolute atomic E-state index is 0.134. The summed E-state index contributed by atoms with van der Waals surface area (Å²) in [7, 11) is 0. The van der Waals surface area contributed by atoms with Crippen molar-refractivity contribution in [1.82, 2.24) is 4.98 Å². The Morgan fingerprint density at radius 3 is 2.50 bits per heavy atom. The molecule has 102 valence electrons. The first-order chi connectivity index (χ1) is 9.81. The van der Waals surface area contributed by atoms with Gasteiger partial charge in [0.15, 0.2) is 0 Å². The van der Waals surface area contributed by atoms with Gasteiger partial charge in [0.05, 0.1) is 6.61 Å². The summed E-state index contributed by atoms with van der Waals surface area (Å²) < 4.78 is 5.64. The molecular weight excluding hydrogens is 252 g/mol. The molecule has 1 aromatic heterocycles. The number of nitrogens with zero attached hydrogens (tertiary/aromatic N) is 1. The van der Waals surface area contributed by atoms with Crippen molar-refractivity contribution in [2.45, 2.75) is 12.8 Å². The van der Waals surface area contributed by atoms with Gasteiger partial charge in [-0.05, 0) is 55.2 Å². The average Bonchev–Trinajstić information content (AvgIpc) is 3.31. The monoisotopic (exact) mass is 268 g/mol. The van der Waals surface area contributed by atoms with Crippen molar-refractivity contribution < 1.29 is 9.53 Å². The Kier molecular flexibility index (Phi) is 3.63. The molecule has 0 radical (unpaired) electrons. The second-order valence-corrected chi connectivity index (χ2v) is 4.97.